The SMILES string of the molecule is O=C(N/N=C\c1ccc(-c2cccc([N+](=O)[O-])c2)o1)c1cccc2ccccc12. The number of furan rings is 1. The molecule has 0 atom stereocenters. The first-order valence-electron chi connectivity index (χ1n) is 8.78. The van der Waals surface area contributed by atoms with Crippen LogP contribution in [0.3, 0.4) is 0 Å². The van der Waals surface area contributed by atoms with Gasteiger partial charge in [0.2, 0.25) is 0 Å². The standard InChI is InChI=1S/C22H15N3O4/c26-22(20-10-4-6-15-5-1-2-9-19(15)20)24-23-14-18-11-12-21(29-18)16-7-3-8-17(13-16)25(27)28/h1-14H,(H,24,26)/b23-14-. The third-order valence-electron chi connectivity index (χ3n) is 4.36. The number of nitro groups is 1. The Balaban J connectivity index is 1.48. The lowest BCUT2D eigenvalue weighted by molar-refractivity contribution is -0.384. The van der Waals surface area contributed by atoms with Gasteiger partial charge in [-0.3, -0.25) is 14.9 Å². The van der Waals surface area contributed by atoms with Gasteiger partial charge in [0, 0.05) is 23.3 Å². The van der Waals surface area contributed by atoms with Crippen molar-refractivity contribution in [2.75, 3.05) is 0 Å². The fraction of sp³-hybridized carbons (Fsp3) is 0. The molecule has 3 aromatic carbocycles. The van der Waals surface area contributed by atoms with Crippen LogP contribution in [0.4, 0.5) is 5.69 Å². The van der Waals surface area contributed by atoms with Crippen LogP contribution in [0.2, 0.25) is 0 Å². The van der Waals surface area contributed by atoms with Crippen molar-refractivity contribution >= 4 is 28.6 Å². The van der Waals surface area contributed by atoms with Gasteiger partial charge in [-0.15, -0.1) is 0 Å². The van der Waals surface area contributed by atoms with Crippen molar-refractivity contribution in [3.63, 3.8) is 0 Å². The molecule has 142 valence electrons. The van der Waals surface area contributed by atoms with Gasteiger partial charge in [0.15, 0.2) is 0 Å². The lowest BCUT2D eigenvalue weighted by atomic mass is 10.0. The lowest BCUT2D eigenvalue weighted by Crippen LogP contribution is -2.17. The molecule has 0 aliphatic heterocycles. The summed E-state index contributed by atoms with van der Waals surface area (Å²) in [6.07, 6.45) is 1.38. The van der Waals surface area contributed by atoms with Crippen LogP contribution in [-0.2, 0) is 0 Å². The zero-order valence-electron chi connectivity index (χ0n) is 15.1. The molecule has 0 radical (unpaired) electrons. The number of carbonyl (C=O) groups is 1. The molecule has 0 saturated carbocycles. The fourth-order valence-corrected chi connectivity index (χ4v) is 2.99. The summed E-state index contributed by atoms with van der Waals surface area (Å²) in [7, 11) is 0. The molecule has 7 heteroatoms. The van der Waals surface area contributed by atoms with Crippen LogP contribution in [0.1, 0.15) is 16.1 Å². The Hall–Kier alpha value is -4.26. The Morgan fingerprint density at radius 3 is 2.66 bits per heavy atom. The van der Waals surface area contributed by atoms with E-state index in [-0.39, 0.29) is 11.6 Å². The lowest BCUT2D eigenvalue weighted by Gasteiger charge is -2.04. The average Bonchev–Trinajstić information content (AvgIpc) is 3.22. The quantitative estimate of drug-likeness (QED) is 0.304. The summed E-state index contributed by atoms with van der Waals surface area (Å²) in [5.74, 6) is 0.545. The van der Waals surface area contributed by atoms with Crippen LogP contribution >= 0.6 is 0 Å². The maximum absolute atomic E-state index is 12.5. The van der Waals surface area contributed by atoms with Crippen molar-refractivity contribution < 1.29 is 14.1 Å². The normalized spacial score (nSPS) is 11.0. The van der Waals surface area contributed by atoms with E-state index in [1.165, 1.54) is 18.3 Å². The van der Waals surface area contributed by atoms with Crippen LogP contribution in [-0.4, -0.2) is 17.0 Å². The monoisotopic (exact) mass is 385 g/mol. The Morgan fingerprint density at radius 2 is 1.79 bits per heavy atom. The van der Waals surface area contributed by atoms with Gasteiger partial charge in [-0.2, -0.15) is 5.10 Å². The van der Waals surface area contributed by atoms with Crippen molar-refractivity contribution in [1.29, 1.82) is 0 Å². The second kappa shape index (κ2) is 7.77. The van der Waals surface area contributed by atoms with Crippen molar-refractivity contribution in [1.82, 2.24) is 5.43 Å². The summed E-state index contributed by atoms with van der Waals surface area (Å²) in [5, 5.41) is 16.7. The summed E-state index contributed by atoms with van der Waals surface area (Å²) in [6.45, 7) is 0. The number of rotatable bonds is 5. The van der Waals surface area contributed by atoms with Crippen molar-refractivity contribution in [3.8, 4) is 11.3 Å². The van der Waals surface area contributed by atoms with Gasteiger partial charge in [-0.1, -0.05) is 48.5 Å². The topological polar surface area (TPSA) is 97.7 Å². The highest BCUT2D eigenvalue weighted by Crippen LogP contribution is 2.25. The highest BCUT2D eigenvalue weighted by Gasteiger charge is 2.11. The molecule has 0 saturated heterocycles. The van der Waals surface area contributed by atoms with Crippen LogP contribution in [0.5, 0.6) is 0 Å². The molecular weight excluding hydrogens is 370 g/mol. The van der Waals surface area contributed by atoms with Gasteiger partial charge in [-0.05, 0) is 29.0 Å². The molecule has 0 bridgehead atoms. The third-order valence-corrected chi connectivity index (χ3v) is 4.36. The minimum atomic E-state index is -0.461. The molecule has 0 unspecified atom stereocenters. The number of nitrogens with zero attached hydrogens (tertiary/aromatic N) is 2. The molecule has 0 aliphatic carbocycles. The molecule has 4 aromatic rings. The number of hydrogen-bond acceptors (Lipinski definition) is 5. The van der Waals surface area contributed by atoms with Gasteiger partial charge in [-0.25, -0.2) is 5.43 Å². The predicted molar refractivity (Wildman–Crippen MR) is 110 cm³/mol. The Kier molecular flexibility index (Phi) is 4.86. The van der Waals surface area contributed by atoms with Gasteiger partial charge in [0.05, 0.1) is 11.1 Å². The molecule has 1 N–H and O–H groups in total. The van der Waals surface area contributed by atoms with E-state index in [1.54, 1.807) is 30.3 Å². The minimum absolute atomic E-state index is 0.0172. The molecule has 1 aromatic heterocycles. The number of nitrogens with one attached hydrogen (secondary N) is 1. The number of carbonyl (C=O) groups excluding carboxylic acids is 1. The number of non-ortho nitro benzene ring substituents is 1. The van der Waals surface area contributed by atoms with E-state index in [0.29, 0.717) is 22.6 Å². The van der Waals surface area contributed by atoms with Gasteiger partial charge >= 0.3 is 0 Å². The highest BCUT2D eigenvalue weighted by molar-refractivity contribution is 6.07. The number of benzene rings is 3. The van der Waals surface area contributed by atoms with Crippen molar-refractivity contribution in [3.05, 3.63) is 100 Å². The van der Waals surface area contributed by atoms with E-state index in [1.807, 2.05) is 36.4 Å². The summed E-state index contributed by atoms with van der Waals surface area (Å²) >= 11 is 0. The first-order chi connectivity index (χ1) is 14.1. The minimum Gasteiger partial charge on any atom is -0.455 e. The zero-order chi connectivity index (χ0) is 20.2. The maximum atomic E-state index is 12.5. The maximum Gasteiger partial charge on any atom is 0.271 e. The number of hydrogen-bond donors (Lipinski definition) is 1. The molecule has 29 heavy (non-hydrogen) atoms. The molecular formula is C22H15N3O4. The summed E-state index contributed by atoms with van der Waals surface area (Å²) in [4.78, 5) is 22.9. The molecule has 7 nitrogen and oxygen atoms in total. The molecule has 1 amide bonds. The number of fused-ring (bicyclic) bond motifs is 1. The van der Waals surface area contributed by atoms with E-state index in [4.69, 9.17) is 4.42 Å². The summed E-state index contributed by atoms with van der Waals surface area (Å²) in [5.41, 5.74) is 3.58. The first kappa shape index (κ1) is 18.1. The van der Waals surface area contributed by atoms with Crippen LogP contribution in [0.25, 0.3) is 22.1 Å². The van der Waals surface area contributed by atoms with Crippen LogP contribution < -0.4 is 5.43 Å². The van der Waals surface area contributed by atoms with Gasteiger partial charge in [0.1, 0.15) is 11.5 Å². The Bertz CT molecular complexity index is 1240. The van der Waals surface area contributed by atoms with Crippen molar-refractivity contribution in [2.45, 2.75) is 0 Å². The first-order valence-corrected chi connectivity index (χ1v) is 8.78. The summed E-state index contributed by atoms with van der Waals surface area (Å²) < 4.78 is 5.64. The molecule has 1 heterocycles. The number of hydrazone groups is 1. The number of amides is 1. The zero-order valence-corrected chi connectivity index (χ0v) is 15.1. The average molecular weight is 385 g/mol. The Morgan fingerprint density at radius 1 is 1.00 bits per heavy atom. The van der Waals surface area contributed by atoms with Gasteiger partial charge in [0.25, 0.3) is 11.6 Å². The van der Waals surface area contributed by atoms with E-state index in [0.717, 1.165) is 10.8 Å². The van der Waals surface area contributed by atoms with E-state index in [9.17, 15) is 14.9 Å². The van der Waals surface area contributed by atoms with Crippen LogP contribution in [0.15, 0.2) is 88.4 Å². The predicted octanol–water partition coefficient (Wildman–Crippen LogP) is 4.77. The summed E-state index contributed by atoms with van der Waals surface area (Å²) in [6, 6.07) is 22.6. The highest BCUT2D eigenvalue weighted by atomic mass is 16.6. The van der Waals surface area contributed by atoms with Gasteiger partial charge < -0.3 is 4.42 Å². The van der Waals surface area contributed by atoms with Crippen LogP contribution in [0, 0.1) is 10.1 Å². The van der Waals surface area contributed by atoms with E-state index >= 15 is 0 Å². The second-order valence-electron chi connectivity index (χ2n) is 6.24. The smallest absolute Gasteiger partial charge is 0.271 e. The molecule has 4 rings (SSSR count). The molecule has 0 aliphatic rings. The third kappa shape index (κ3) is 3.89. The number of nitro benzene ring substituents is 1. The molecule has 0 fully saturated rings. The molecule has 0 spiro atoms. The second-order valence-corrected chi connectivity index (χ2v) is 6.24. The van der Waals surface area contributed by atoms with Crippen molar-refractivity contribution in [2.24, 2.45) is 5.10 Å². The van der Waals surface area contributed by atoms with E-state index in [2.05, 4.69) is 10.5 Å². The Labute approximate surface area is 165 Å². The fourth-order valence-electron chi connectivity index (χ4n) is 2.99. The largest absolute Gasteiger partial charge is 0.455 e. The van der Waals surface area contributed by atoms with E-state index < -0.39 is 4.92 Å².